The molecule has 0 aliphatic heterocycles. The van der Waals surface area contributed by atoms with Gasteiger partial charge >= 0.3 is 0 Å². The van der Waals surface area contributed by atoms with Gasteiger partial charge in [-0.2, -0.15) is 0 Å². The van der Waals surface area contributed by atoms with Crippen molar-refractivity contribution in [3.05, 3.63) is 58.1 Å². The van der Waals surface area contributed by atoms with E-state index in [2.05, 4.69) is 21.2 Å². The number of methoxy groups -OCH3 is 1. The monoisotopic (exact) mass is 347 g/mol. The van der Waals surface area contributed by atoms with E-state index in [9.17, 15) is 4.79 Å². The second-order valence-electron chi connectivity index (χ2n) is 4.88. The molecule has 1 N–H and O–H groups in total. The summed E-state index contributed by atoms with van der Waals surface area (Å²) in [5.41, 5.74) is 3.05. The van der Waals surface area contributed by atoms with Gasteiger partial charge in [0.25, 0.3) is 0 Å². The Labute approximate surface area is 133 Å². The normalized spacial score (nSPS) is 10.2. The lowest BCUT2D eigenvalue weighted by molar-refractivity contribution is -0.116. The Morgan fingerprint density at radius 1 is 1.19 bits per heavy atom. The van der Waals surface area contributed by atoms with Crippen molar-refractivity contribution in [3.8, 4) is 5.75 Å². The van der Waals surface area contributed by atoms with E-state index in [1.165, 1.54) is 0 Å². The molecule has 4 heteroatoms. The number of carbonyl (C=O) groups is 1. The van der Waals surface area contributed by atoms with E-state index in [-0.39, 0.29) is 5.91 Å². The Hall–Kier alpha value is -1.81. The Bertz CT molecular complexity index is 623. The van der Waals surface area contributed by atoms with Crippen LogP contribution in [0.4, 0.5) is 5.69 Å². The van der Waals surface area contributed by atoms with Crippen molar-refractivity contribution in [2.45, 2.75) is 19.8 Å². The fourth-order valence-corrected chi connectivity index (χ4v) is 2.34. The molecule has 0 aliphatic carbocycles. The maximum Gasteiger partial charge on any atom is 0.224 e. The highest BCUT2D eigenvalue weighted by Gasteiger charge is 2.06. The summed E-state index contributed by atoms with van der Waals surface area (Å²) in [7, 11) is 1.64. The molecule has 0 heterocycles. The van der Waals surface area contributed by atoms with Crippen molar-refractivity contribution in [1.82, 2.24) is 0 Å². The summed E-state index contributed by atoms with van der Waals surface area (Å²) in [5.74, 6) is 0.837. The number of aryl methyl sites for hydroxylation is 2. The summed E-state index contributed by atoms with van der Waals surface area (Å²) in [5, 5.41) is 2.93. The molecule has 2 rings (SSSR count). The van der Waals surface area contributed by atoms with Gasteiger partial charge in [-0.3, -0.25) is 4.79 Å². The zero-order valence-electron chi connectivity index (χ0n) is 12.2. The van der Waals surface area contributed by atoms with Gasteiger partial charge in [0.05, 0.1) is 12.8 Å². The van der Waals surface area contributed by atoms with Gasteiger partial charge in [0, 0.05) is 10.9 Å². The molecule has 0 saturated carbocycles. The molecule has 0 fully saturated rings. The van der Waals surface area contributed by atoms with Gasteiger partial charge in [0.1, 0.15) is 5.75 Å². The molecule has 110 valence electrons. The molecule has 3 nitrogen and oxygen atoms in total. The van der Waals surface area contributed by atoms with Crippen LogP contribution < -0.4 is 10.1 Å². The van der Waals surface area contributed by atoms with Gasteiger partial charge in [-0.25, -0.2) is 0 Å². The minimum atomic E-state index is 0.0112. The maximum absolute atomic E-state index is 12.0. The minimum absolute atomic E-state index is 0.0112. The van der Waals surface area contributed by atoms with Crippen LogP contribution in [0, 0.1) is 6.92 Å². The number of amides is 1. The van der Waals surface area contributed by atoms with E-state index in [0.29, 0.717) is 12.8 Å². The van der Waals surface area contributed by atoms with Gasteiger partial charge < -0.3 is 10.1 Å². The van der Waals surface area contributed by atoms with Crippen molar-refractivity contribution < 1.29 is 9.53 Å². The first-order valence-electron chi connectivity index (χ1n) is 6.77. The molecule has 0 radical (unpaired) electrons. The van der Waals surface area contributed by atoms with Gasteiger partial charge in [-0.15, -0.1) is 0 Å². The van der Waals surface area contributed by atoms with Crippen LogP contribution in [0.15, 0.2) is 46.9 Å². The second-order valence-corrected chi connectivity index (χ2v) is 5.73. The van der Waals surface area contributed by atoms with Crippen LogP contribution in [0.1, 0.15) is 17.5 Å². The van der Waals surface area contributed by atoms with Crippen LogP contribution in [0.3, 0.4) is 0 Å². The predicted octanol–water partition coefficient (Wildman–Crippen LogP) is 4.34. The zero-order valence-corrected chi connectivity index (χ0v) is 13.7. The Morgan fingerprint density at radius 2 is 1.90 bits per heavy atom. The summed E-state index contributed by atoms with van der Waals surface area (Å²) in [6, 6.07) is 13.7. The highest BCUT2D eigenvalue weighted by molar-refractivity contribution is 9.10. The first-order chi connectivity index (χ1) is 10.1. The molecule has 0 spiro atoms. The Kier molecular flexibility index (Phi) is 5.39. The highest BCUT2D eigenvalue weighted by atomic mass is 79.9. The minimum Gasteiger partial charge on any atom is -0.497 e. The number of hydrogen-bond acceptors (Lipinski definition) is 2. The lowest BCUT2D eigenvalue weighted by Gasteiger charge is -2.08. The number of anilines is 1. The molecule has 0 atom stereocenters. The third kappa shape index (κ3) is 4.60. The standard InChI is InChI=1S/C17H18BrNO2/c1-12-3-9-15(18)16(11-12)19-17(20)10-6-13-4-7-14(21-2)8-5-13/h3-5,7-9,11H,6,10H2,1-2H3,(H,19,20). The molecule has 0 aromatic heterocycles. The molecule has 0 unspecified atom stereocenters. The molecule has 0 saturated heterocycles. The van der Waals surface area contributed by atoms with E-state index >= 15 is 0 Å². The lowest BCUT2D eigenvalue weighted by atomic mass is 10.1. The smallest absolute Gasteiger partial charge is 0.224 e. The van der Waals surface area contributed by atoms with Crippen LogP contribution >= 0.6 is 15.9 Å². The number of rotatable bonds is 5. The first kappa shape index (κ1) is 15.6. The van der Waals surface area contributed by atoms with Gasteiger partial charge in [-0.1, -0.05) is 18.2 Å². The Balaban J connectivity index is 1.91. The van der Waals surface area contributed by atoms with Crippen LogP contribution in [0.5, 0.6) is 5.75 Å². The lowest BCUT2D eigenvalue weighted by Crippen LogP contribution is -2.12. The number of halogens is 1. The molecule has 0 bridgehead atoms. The number of nitrogens with one attached hydrogen (secondary N) is 1. The second kappa shape index (κ2) is 7.27. The van der Waals surface area contributed by atoms with Crippen molar-refractivity contribution in [2.75, 3.05) is 12.4 Å². The largest absolute Gasteiger partial charge is 0.497 e. The summed E-state index contributed by atoms with van der Waals surface area (Å²) < 4.78 is 6.01. The average Bonchev–Trinajstić information content (AvgIpc) is 2.49. The highest BCUT2D eigenvalue weighted by Crippen LogP contribution is 2.23. The fraction of sp³-hybridized carbons (Fsp3) is 0.235. The number of benzene rings is 2. The van der Waals surface area contributed by atoms with Crippen molar-refractivity contribution >= 4 is 27.5 Å². The third-order valence-electron chi connectivity index (χ3n) is 3.20. The molecule has 1 amide bonds. The molecular formula is C17H18BrNO2. The van der Waals surface area contributed by atoms with Crippen LogP contribution in [0.2, 0.25) is 0 Å². The third-order valence-corrected chi connectivity index (χ3v) is 3.89. The molecule has 21 heavy (non-hydrogen) atoms. The number of ether oxygens (including phenoxy) is 1. The topological polar surface area (TPSA) is 38.3 Å². The molecular weight excluding hydrogens is 330 g/mol. The average molecular weight is 348 g/mol. The van der Waals surface area contributed by atoms with E-state index in [1.807, 2.05) is 49.4 Å². The van der Waals surface area contributed by atoms with Gasteiger partial charge in [0.15, 0.2) is 0 Å². The quantitative estimate of drug-likeness (QED) is 0.873. The van der Waals surface area contributed by atoms with Gasteiger partial charge in [-0.05, 0) is 64.7 Å². The van der Waals surface area contributed by atoms with Crippen LogP contribution in [-0.4, -0.2) is 13.0 Å². The van der Waals surface area contributed by atoms with E-state index in [4.69, 9.17) is 4.74 Å². The molecule has 0 aliphatic rings. The van der Waals surface area contributed by atoms with Crippen LogP contribution in [-0.2, 0) is 11.2 Å². The van der Waals surface area contributed by atoms with Crippen LogP contribution in [0.25, 0.3) is 0 Å². The van der Waals surface area contributed by atoms with E-state index < -0.39 is 0 Å². The predicted molar refractivity (Wildman–Crippen MR) is 88.8 cm³/mol. The van der Waals surface area contributed by atoms with Gasteiger partial charge in [0.2, 0.25) is 5.91 Å². The summed E-state index contributed by atoms with van der Waals surface area (Å²) >= 11 is 3.44. The summed E-state index contributed by atoms with van der Waals surface area (Å²) in [6.45, 7) is 2.00. The van der Waals surface area contributed by atoms with E-state index in [0.717, 1.165) is 27.0 Å². The van der Waals surface area contributed by atoms with Crippen molar-refractivity contribution in [2.24, 2.45) is 0 Å². The van der Waals surface area contributed by atoms with Crippen molar-refractivity contribution in [1.29, 1.82) is 0 Å². The summed E-state index contributed by atoms with van der Waals surface area (Å²) in [4.78, 5) is 12.0. The SMILES string of the molecule is COc1ccc(CCC(=O)Nc2cc(C)ccc2Br)cc1. The van der Waals surface area contributed by atoms with E-state index in [1.54, 1.807) is 7.11 Å². The first-order valence-corrected chi connectivity index (χ1v) is 7.56. The zero-order chi connectivity index (χ0) is 15.2. The molecule has 2 aromatic rings. The Morgan fingerprint density at radius 3 is 2.57 bits per heavy atom. The fourth-order valence-electron chi connectivity index (χ4n) is 2.00. The maximum atomic E-state index is 12.0. The summed E-state index contributed by atoms with van der Waals surface area (Å²) in [6.07, 6.45) is 1.16. The number of hydrogen-bond donors (Lipinski definition) is 1. The van der Waals surface area contributed by atoms with Crippen molar-refractivity contribution in [3.63, 3.8) is 0 Å². The number of carbonyl (C=O) groups excluding carboxylic acids is 1. The molecule has 2 aromatic carbocycles.